The molecule has 0 radical (unpaired) electrons. The molecule has 3 N–H and O–H groups in total. The van der Waals surface area contributed by atoms with E-state index >= 15 is 0 Å². The third-order valence-electron chi connectivity index (χ3n) is 2.64. The highest BCUT2D eigenvalue weighted by atomic mass is 16.3. The fourth-order valence-electron chi connectivity index (χ4n) is 1.42. The number of carbonyl (C=O) groups excluding carboxylic acids is 2. The van der Waals surface area contributed by atoms with Gasteiger partial charge in [-0.25, -0.2) is 9.48 Å². The van der Waals surface area contributed by atoms with Crippen LogP contribution in [0.2, 0.25) is 0 Å². The van der Waals surface area contributed by atoms with E-state index in [2.05, 4.69) is 20.9 Å². The highest BCUT2D eigenvalue weighted by molar-refractivity contribution is 5.94. The number of hydrogen-bond donors (Lipinski definition) is 3. The number of aromatic nitrogens is 3. The highest BCUT2D eigenvalue weighted by Crippen LogP contribution is 2.18. The lowest BCUT2D eigenvalue weighted by Gasteiger charge is -2.11. The molecule has 1 aliphatic carbocycles. The van der Waals surface area contributed by atoms with E-state index in [1.54, 1.807) is 13.8 Å². The van der Waals surface area contributed by atoms with Crippen molar-refractivity contribution in [1.82, 2.24) is 25.6 Å². The van der Waals surface area contributed by atoms with Crippen LogP contribution < -0.4 is 10.6 Å². The summed E-state index contributed by atoms with van der Waals surface area (Å²) >= 11 is 0. The molecule has 8 heteroatoms. The van der Waals surface area contributed by atoms with Gasteiger partial charge in [0, 0.05) is 6.04 Å². The predicted octanol–water partition coefficient (Wildman–Crippen LogP) is -0.506. The number of urea groups is 1. The predicted molar refractivity (Wildman–Crippen MR) is 65.0 cm³/mol. The van der Waals surface area contributed by atoms with Crippen LogP contribution in [-0.4, -0.2) is 38.1 Å². The lowest BCUT2D eigenvalue weighted by atomic mass is 10.1. The quantitative estimate of drug-likeness (QED) is 0.681. The van der Waals surface area contributed by atoms with Gasteiger partial charge in [-0.3, -0.25) is 10.1 Å². The standard InChI is InChI=1S/C11H17N5O3/c1-11(2,19)8-5-16(15-14-8)6-9(17)13-10(18)12-7-3-4-7/h5,7,19H,3-4,6H2,1-2H3,(H2,12,13,17,18). The Balaban J connectivity index is 1.84. The molecule has 0 spiro atoms. The van der Waals surface area contributed by atoms with Crippen molar-refractivity contribution in [3.05, 3.63) is 11.9 Å². The number of nitrogens with zero attached hydrogens (tertiary/aromatic N) is 3. The Morgan fingerprint density at radius 1 is 1.53 bits per heavy atom. The second kappa shape index (κ2) is 4.96. The van der Waals surface area contributed by atoms with Gasteiger partial charge in [-0.2, -0.15) is 0 Å². The van der Waals surface area contributed by atoms with E-state index in [0.717, 1.165) is 12.8 Å². The van der Waals surface area contributed by atoms with Crippen LogP contribution in [0.4, 0.5) is 4.79 Å². The van der Waals surface area contributed by atoms with E-state index in [1.807, 2.05) is 0 Å². The topological polar surface area (TPSA) is 109 Å². The molecule has 1 aliphatic rings. The van der Waals surface area contributed by atoms with Gasteiger partial charge in [0.15, 0.2) is 0 Å². The second-order valence-electron chi connectivity index (χ2n) is 5.16. The van der Waals surface area contributed by atoms with Gasteiger partial charge in [-0.1, -0.05) is 5.21 Å². The Bertz CT molecular complexity index is 487. The van der Waals surface area contributed by atoms with Crippen molar-refractivity contribution >= 4 is 11.9 Å². The first-order valence-electron chi connectivity index (χ1n) is 6.08. The summed E-state index contributed by atoms with van der Waals surface area (Å²) in [5.74, 6) is -0.481. The molecule has 2 rings (SSSR count). The van der Waals surface area contributed by atoms with Gasteiger partial charge in [0.1, 0.15) is 17.8 Å². The van der Waals surface area contributed by atoms with Crippen LogP contribution in [-0.2, 0) is 16.9 Å². The lowest BCUT2D eigenvalue weighted by Crippen LogP contribution is -2.41. The number of hydrogen-bond acceptors (Lipinski definition) is 5. The Labute approximate surface area is 110 Å². The van der Waals surface area contributed by atoms with Gasteiger partial charge in [-0.05, 0) is 26.7 Å². The first kappa shape index (κ1) is 13.5. The maximum atomic E-state index is 11.6. The van der Waals surface area contributed by atoms with Crippen molar-refractivity contribution in [2.24, 2.45) is 0 Å². The molecule has 3 amide bonds. The first-order chi connectivity index (χ1) is 8.84. The monoisotopic (exact) mass is 267 g/mol. The van der Waals surface area contributed by atoms with Crippen LogP contribution >= 0.6 is 0 Å². The fraction of sp³-hybridized carbons (Fsp3) is 0.636. The van der Waals surface area contributed by atoms with Crippen molar-refractivity contribution in [2.75, 3.05) is 0 Å². The maximum absolute atomic E-state index is 11.6. The molecule has 1 heterocycles. The zero-order valence-electron chi connectivity index (χ0n) is 10.9. The Morgan fingerprint density at radius 2 is 2.21 bits per heavy atom. The molecule has 1 aromatic rings. The summed E-state index contributed by atoms with van der Waals surface area (Å²) in [6, 6.07) is -0.295. The third kappa shape index (κ3) is 4.02. The smallest absolute Gasteiger partial charge is 0.321 e. The van der Waals surface area contributed by atoms with Gasteiger partial charge in [-0.15, -0.1) is 5.10 Å². The van der Waals surface area contributed by atoms with Crippen LogP contribution in [0.5, 0.6) is 0 Å². The SMILES string of the molecule is CC(C)(O)c1cn(CC(=O)NC(=O)NC2CC2)nn1. The molecule has 1 saturated carbocycles. The van der Waals surface area contributed by atoms with Crippen LogP contribution in [0.25, 0.3) is 0 Å². The average molecular weight is 267 g/mol. The fourth-order valence-corrected chi connectivity index (χ4v) is 1.42. The largest absolute Gasteiger partial charge is 0.384 e. The number of carbonyl (C=O) groups is 2. The molecule has 0 atom stereocenters. The summed E-state index contributed by atoms with van der Waals surface area (Å²) in [5.41, 5.74) is -0.749. The van der Waals surface area contributed by atoms with Gasteiger partial charge < -0.3 is 10.4 Å². The highest BCUT2D eigenvalue weighted by Gasteiger charge is 2.24. The number of imide groups is 1. The average Bonchev–Trinajstić information content (AvgIpc) is 2.92. The molecule has 0 aliphatic heterocycles. The molecule has 19 heavy (non-hydrogen) atoms. The third-order valence-corrected chi connectivity index (χ3v) is 2.64. The van der Waals surface area contributed by atoms with Gasteiger partial charge in [0.2, 0.25) is 5.91 Å². The van der Waals surface area contributed by atoms with Gasteiger partial charge in [0.25, 0.3) is 0 Å². The molecule has 1 aromatic heterocycles. The molecular weight excluding hydrogens is 250 g/mol. The first-order valence-corrected chi connectivity index (χ1v) is 6.08. The van der Waals surface area contributed by atoms with Crippen molar-refractivity contribution in [2.45, 2.75) is 44.9 Å². The number of rotatable bonds is 4. The Hall–Kier alpha value is -1.96. The van der Waals surface area contributed by atoms with Crippen LogP contribution in [0.15, 0.2) is 6.20 Å². The molecule has 8 nitrogen and oxygen atoms in total. The van der Waals surface area contributed by atoms with Crippen molar-refractivity contribution < 1.29 is 14.7 Å². The van der Waals surface area contributed by atoms with Gasteiger partial charge >= 0.3 is 6.03 Å². The molecule has 104 valence electrons. The van der Waals surface area contributed by atoms with Gasteiger partial charge in [0.05, 0.1) is 6.20 Å². The lowest BCUT2D eigenvalue weighted by molar-refractivity contribution is -0.120. The second-order valence-corrected chi connectivity index (χ2v) is 5.16. The van der Waals surface area contributed by atoms with E-state index in [4.69, 9.17) is 0 Å². The van der Waals surface area contributed by atoms with Crippen LogP contribution in [0.1, 0.15) is 32.4 Å². The minimum Gasteiger partial charge on any atom is -0.384 e. The Morgan fingerprint density at radius 3 is 2.74 bits per heavy atom. The van der Waals surface area contributed by atoms with E-state index in [9.17, 15) is 14.7 Å². The van der Waals surface area contributed by atoms with E-state index in [1.165, 1.54) is 10.9 Å². The molecular formula is C11H17N5O3. The zero-order chi connectivity index (χ0) is 14.0. The molecule has 0 saturated heterocycles. The summed E-state index contributed by atoms with van der Waals surface area (Å²) in [5, 5.41) is 22.0. The number of aliphatic hydroxyl groups is 1. The molecule has 0 aromatic carbocycles. The van der Waals surface area contributed by atoms with E-state index < -0.39 is 17.5 Å². The summed E-state index contributed by atoms with van der Waals surface area (Å²) in [7, 11) is 0. The van der Waals surface area contributed by atoms with Crippen molar-refractivity contribution in [3.8, 4) is 0 Å². The van der Waals surface area contributed by atoms with Crippen LogP contribution in [0.3, 0.4) is 0 Å². The summed E-state index contributed by atoms with van der Waals surface area (Å²) in [4.78, 5) is 22.9. The molecule has 1 fully saturated rings. The minimum absolute atomic E-state index is 0.124. The number of nitrogens with one attached hydrogen (secondary N) is 2. The zero-order valence-corrected chi connectivity index (χ0v) is 10.9. The summed E-state index contributed by atoms with van der Waals surface area (Å²) in [6.07, 6.45) is 3.39. The van der Waals surface area contributed by atoms with Crippen molar-refractivity contribution in [1.29, 1.82) is 0 Å². The molecule has 0 bridgehead atoms. The number of amides is 3. The van der Waals surface area contributed by atoms with Crippen LogP contribution in [0, 0.1) is 0 Å². The molecule has 0 unspecified atom stereocenters. The normalized spacial score (nSPS) is 15.1. The van der Waals surface area contributed by atoms with E-state index in [0.29, 0.717) is 5.69 Å². The van der Waals surface area contributed by atoms with Crippen molar-refractivity contribution in [3.63, 3.8) is 0 Å². The Kier molecular flexibility index (Phi) is 3.52. The minimum atomic E-state index is -1.11. The maximum Gasteiger partial charge on any atom is 0.321 e. The summed E-state index contributed by atoms with van der Waals surface area (Å²) in [6.45, 7) is 3.02. The van der Waals surface area contributed by atoms with E-state index in [-0.39, 0.29) is 12.6 Å². The summed E-state index contributed by atoms with van der Waals surface area (Å²) < 4.78 is 1.27.